The Morgan fingerprint density at radius 3 is 2.59 bits per heavy atom. The summed E-state index contributed by atoms with van der Waals surface area (Å²) >= 11 is 3.42. The molecule has 1 aliphatic rings. The number of allylic oxidation sites excluding steroid dienone is 1. The van der Waals surface area contributed by atoms with E-state index in [1.807, 2.05) is 6.08 Å². The first-order chi connectivity index (χ1) is 10.4. The Morgan fingerprint density at radius 2 is 2.00 bits per heavy atom. The van der Waals surface area contributed by atoms with Gasteiger partial charge in [-0.2, -0.15) is 13.2 Å². The van der Waals surface area contributed by atoms with Gasteiger partial charge in [-0.1, -0.05) is 22.0 Å². The van der Waals surface area contributed by atoms with E-state index in [0.29, 0.717) is 5.56 Å². The zero-order valence-electron chi connectivity index (χ0n) is 12.3. The molecule has 0 saturated carbocycles. The summed E-state index contributed by atoms with van der Waals surface area (Å²) in [5, 5.41) is 3.27. The van der Waals surface area contributed by atoms with Gasteiger partial charge in [0.2, 0.25) is 0 Å². The van der Waals surface area contributed by atoms with Gasteiger partial charge in [0.25, 0.3) is 0 Å². The van der Waals surface area contributed by atoms with Crippen LogP contribution in [0.1, 0.15) is 30.0 Å². The fourth-order valence-electron chi connectivity index (χ4n) is 2.78. The first kappa shape index (κ1) is 17.5. The van der Waals surface area contributed by atoms with Gasteiger partial charge >= 0.3 is 6.18 Å². The van der Waals surface area contributed by atoms with Crippen LogP contribution in [-0.4, -0.2) is 31.1 Å². The molecule has 2 rings (SSSR count). The van der Waals surface area contributed by atoms with Crippen molar-refractivity contribution in [2.45, 2.75) is 25.1 Å². The maximum atomic E-state index is 13.0. The third-order valence-electron chi connectivity index (χ3n) is 3.92. The lowest BCUT2D eigenvalue weighted by molar-refractivity contribution is -0.137. The van der Waals surface area contributed by atoms with Crippen LogP contribution in [0.5, 0.6) is 0 Å². The highest BCUT2D eigenvalue weighted by Gasteiger charge is 2.32. The molecule has 0 spiro atoms. The number of alkyl halides is 3. The van der Waals surface area contributed by atoms with Gasteiger partial charge in [-0.25, -0.2) is 0 Å². The van der Waals surface area contributed by atoms with Crippen LogP contribution in [0.4, 0.5) is 13.2 Å². The summed E-state index contributed by atoms with van der Waals surface area (Å²) in [6, 6.07) is 3.87. The number of rotatable bonds is 5. The summed E-state index contributed by atoms with van der Waals surface area (Å²) in [6.45, 7) is 7.13. The molecule has 1 heterocycles. The Morgan fingerprint density at radius 1 is 1.32 bits per heavy atom. The highest BCUT2D eigenvalue weighted by molar-refractivity contribution is 9.10. The molecule has 0 amide bonds. The van der Waals surface area contributed by atoms with Crippen LogP contribution in [0.2, 0.25) is 0 Å². The molecule has 1 atom stereocenters. The van der Waals surface area contributed by atoms with E-state index in [4.69, 9.17) is 0 Å². The molecule has 2 nitrogen and oxygen atoms in total. The summed E-state index contributed by atoms with van der Waals surface area (Å²) in [7, 11) is 0. The lowest BCUT2D eigenvalue weighted by Gasteiger charge is -2.36. The van der Waals surface area contributed by atoms with Crippen LogP contribution in [0.3, 0.4) is 0 Å². The Hall–Kier alpha value is -0.850. The molecule has 1 saturated heterocycles. The summed E-state index contributed by atoms with van der Waals surface area (Å²) in [5.41, 5.74) is 0.114. The lowest BCUT2D eigenvalue weighted by Crippen LogP contribution is -2.45. The third kappa shape index (κ3) is 4.33. The molecule has 0 unspecified atom stereocenters. The van der Waals surface area contributed by atoms with Crippen molar-refractivity contribution in [2.24, 2.45) is 0 Å². The molecule has 0 aliphatic carbocycles. The summed E-state index contributed by atoms with van der Waals surface area (Å²) in [4.78, 5) is 2.25. The van der Waals surface area contributed by atoms with E-state index in [9.17, 15) is 13.2 Å². The first-order valence-electron chi connectivity index (χ1n) is 7.36. The van der Waals surface area contributed by atoms with Crippen molar-refractivity contribution >= 4 is 15.9 Å². The Labute approximate surface area is 137 Å². The molecule has 1 aliphatic heterocycles. The maximum Gasteiger partial charge on any atom is 0.416 e. The number of nitrogens with zero attached hydrogens (tertiary/aromatic N) is 1. The minimum Gasteiger partial charge on any atom is -0.314 e. The van der Waals surface area contributed by atoms with Gasteiger partial charge < -0.3 is 5.32 Å². The molecule has 22 heavy (non-hydrogen) atoms. The Kier molecular flexibility index (Phi) is 6.06. The van der Waals surface area contributed by atoms with E-state index in [1.165, 1.54) is 12.1 Å². The van der Waals surface area contributed by atoms with E-state index in [-0.39, 0.29) is 6.04 Å². The molecule has 0 radical (unpaired) electrons. The van der Waals surface area contributed by atoms with Gasteiger partial charge in [0.15, 0.2) is 0 Å². The molecule has 1 fully saturated rings. The number of nitrogens with one attached hydrogen (secondary N) is 1. The molecular formula is C16H20BrF3N2. The van der Waals surface area contributed by atoms with Crippen LogP contribution in [0, 0.1) is 0 Å². The van der Waals surface area contributed by atoms with Gasteiger partial charge in [0, 0.05) is 36.7 Å². The standard InChI is InChI=1S/C16H20BrF3N2/c1-2-3-4-15(22-9-7-21-8-10-22)13-11-12(16(18,19)20)5-6-14(13)17/h2,5-6,11,15,21H,1,3-4,7-10H2/t15-/m0/s1. The minimum absolute atomic E-state index is 0.0308. The maximum absolute atomic E-state index is 13.0. The zero-order chi connectivity index (χ0) is 16.2. The fraction of sp³-hybridized carbons (Fsp3) is 0.500. The van der Waals surface area contributed by atoms with E-state index >= 15 is 0 Å². The van der Waals surface area contributed by atoms with Gasteiger partial charge in [-0.15, -0.1) is 6.58 Å². The van der Waals surface area contributed by atoms with Crippen molar-refractivity contribution < 1.29 is 13.2 Å². The van der Waals surface area contributed by atoms with E-state index in [0.717, 1.165) is 49.6 Å². The molecule has 0 aromatic heterocycles. The van der Waals surface area contributed by atoms with Crippen molar-refractivity contribution in [3.8, 4) is 0 Å². The molecule has 1 N–H and O–H groups in total. The normalized spacial score (nSPS) is 18.2. The Balaban J connectivity index is 2.34. The average Bonchev–Trinajstić information content (AvgIpc) is 2.49. The number of halogens is 4. The van der Waals surface area contributed by atoms with Crippen LogP contribution < -0.4 is 5.32 Å². The van der Waals surface area contributed by atoms with E-state index in [1.54, 1.807) is 0 Å². The van der Waals surface area contributed by atoms with Gasteiger partial charge in [-0.3, -0.25) is 4.90 Å². The minimum atomic E-state index is -4.32. The molecular weight excluding hydrogens is 357 g/mol. The number of hydrogen-bond acceptors (Lipinski definition) is 2. The van der Waals surface area contributed by atoms with Crippen LogP contribution in [0.15, 0.2) is 35.3 Å². The van der Waals surface area contributed by atoms with Crippen LogP contribution in [-0.2, 0) is 6.18 Å². The quantitative estimate of drug-likeness (QED) is 0.767. The summed E-state index contributed by atoms with van der Waals surface area (Å²) in [5.74, 6) is 0. The number of hydrogen-bond donors (Lipinski definition) is 1. The SMILES string of the molecule is C=CCC[C@@H](c1cc(C(F)(F)F)ccc1Br)N1CCNCC1. The zero-order valence-corrected chi connectivity index (χ0v) is 13.9. The topological polar surface area (TPSA) is 15.3 Å². The van der Waals surface area contributed by atoms with Crippen LogP contribution >= 0.6 is 15.9 Å². The summed E-state index contributed by atoms with van der Waals surface area (Å²) < 4.78 is 39.7. The van der Waals surface area contributed by atoms with Crippen molar-refractivity contribution in [1.29, 1.82) is 0 Å². The fourth-order valence-corrected chi connectivity index (χ4v) is 3.29. The monoisotopic (exact) mass is 376 g/mol. The van der Waals surface area contributed by atoms with E-state index < -0.39 is 11.7 Å². The highest BCUT2D eigenvalue weighted by atomic mass is 79.9. The molecule has 122 valence electrons. The van der Waals surface area contributed by atoms with Gasteiger partial charge in [-0.05, 0) is 36.6 Å². The largest absolute Gasteiger partial charge is 0.416 e. The second-order valence-corrected chi connectivity index (χ2v) is 6.26. The highest BCUT2D eigenvalue weighted by Crippen LogP contribution is 2.37. The predicted molar refractivity (Wildman–Crippen MR) is 85.8 cm³/mol. The molecule has 1 aromatic carbocycles. The summed E-state index contributed by atoms with van der Waals surface area (Å²) in [6.07, 6.45) is -0.959. The molecule has 1 aromatic rings. The molecule has 0 bridgehead atoms. The third-order valence-corrected chi connectivity index (χ3v) is 4.64. The lowest BCUT2D eigenvalue weighted by atomic mass is 9.97. The van der Waals surface area contributed by atoms with Gasteiger partial charge in [0.1, 0.15) is 0 Å². The number of benzene rings is 1. The van der Waals surface area contributed by atoms with Crippen molar-refractivity contribution in [3.63, 3.8) is 0 Å². The molecule has 6 heteroatoms. The van der Waals surface area contributed by atoms with Crippen molar-refractivity contribution in [1.82, 2.24) is 10.2 Å². The smallest absolute Gasteiger partial charge is 0.314 e. The first-order valence-corrected chi connectivity index (χ1v) is 8.15. The average molecular weight is 377 g/mol. The second kappa shape index (κ2) is 7.62. The second-order valence-electron chi connectivity index (χ2n) is 5.40. The van der Waals surface area contributed by atoms with Crippen LogP contribution in [0.25, 0.3) is 0 Å². The predicted octanol–water partition coefficient (Wildman–Crippen LogP) is 4.38. The Bertz CT molecular complexity index is 511. The van der Waals surface area contributed by atoms with Gasteiger partial charge in [0.05, 0.1) is 5.56 Å². The van der Waals surface area contributed by atoms with Crippen molar-refractivity contribution in [3.05, 3.63) is 46.5 Å². The number of piperazine rings is 1. The van der Waals surface area contributed by atoms with Crippen molar-refractivity contribution in [2.75, 3.05) is 26.2 Å². The van der Waals surface area contributed by atoms with E-state index in [2.05, 4.69) is 32.7 Å².